The Hall–Kier alpha value is -2.64. The smallest absolute Gasteiger partial charge is 0.250 e. The van der Waals surface area contributed by atoms with E-state index in [0.717, 1.165) is 41.6 Å². The molecule has 6 nitrogen and oxygen atoms in total. The maximum absolute atomic E-state index is 11.8. The Labute approximate surface area is 165 Å². The Balaban J connectivity index is 1.80. The van der Waals surface area contributed by atoms with Crippen LogP contribution in [0, 0.1) is 0 Å². The van der Waals surface area contributed by atoms with Gasteiger partial charge in [-0.15, -0.1) is 0 Å². The van der Waals surface area contributed by atoms with Crippen molar-refractivity contribution in [2.75, 3.05) is 11.4 Å². The van der Waals surface area contributed by atoms with E-state index in [4.69, 9.17) is 10.7 Å². The summed E-state index contributed by atoms with van der Waals surface area (Å²) in [6, 6.07) is 13.7. The number of rotatable bonds is 4. The van der Waals surface area contributed by atoms with E-state index < -0.39 is 14.2 Å². The van der Waals surface area contributed by atoms with Crippen LogP contribution in [0.2, 0.25) is 13.1 Å². The molecule has 0 spiro atoms. The van der Waals surface area contributed by atoms with Gasteiger partial charge in [-0.3, -0.25) is 4.79 Å². The number of amides is 1. The number of aromatic nitrogens is 2. The first-order valence-electron chi connectivity index (χ1n) is 9.60. The second-order valence-corrected chi connectivity index (χ2v) is 12.0. The topological polar surface area (TPSA) is 95.2 Å². The molecule has 1 aliphatic heterocycles. The maximum Gasteiger partial charge on any atom is 0.250 e. The molecule has 1 aromatic heterocycles. The van der Waals surface area contributed by atoms with Crippen LogP contribution in [0.25, 0.3) is 11.0 Å². The van der Waals surface area contributed by atoms with Crippen LogP contribution in [0.1, 0.15) is 35.9 Å². The number of carbonyl (C=O) groups excluding carboxylic acids is 1. The van der Waals surface area contributed by atoms with E-state index in [1.165, 1.54) is 0 Å². The number of hydrogen-bond donors (Lipinski definition) is 3. The van der Waals surface area contributed by atoms with E-state index in [9.17, 15) is 9.59 Å². The van der Waals surface area contributed by atoms with Gasteiger partial charge in [0.1, 0.15) is 11.3 Å². The molecule has 1 fully saturated rings. The molecule has 1 atom stereocenters. The van der Waals surface area contributed by atoms with E-state index >= 15 is 0 Å². The van der Waals surface area contributed by atoms with Crippen LogP contribution in [-0.2, 0) is 5.54 Å². The molecule has 2 heterocycles. The first-order valence-corrected chi connectivity index (χ1v) is 12.5. The number of para-hydroxylation sites is 1. The van der Waals surface area contributed by atoms with Crippen molar-refractivity contribution in [3.05, 3.63) is 53.9 Å². The molecule has 4 rings (SSSR count). The summed E-state index contributed by atoms with van der Waals surface area (Å²) in [7, 11) is -2.39. The number of imidazole rings is 1. The van der Waals surface area contributed by atoms with Crippen LogP contribution in [0.15, 0.2) is 42.5 Å². The second-order valence-electron chi connectivity index (χ2n) is 8.29. The number of hydrogen-bond acceptors (Lipinski definition) is 4. The number of fused-ring (bicyclic) bond motifs is 1. The van der Waals surface area contributed by atoms with Gasteiger partial charge >= 0.3 is 0 Å². The number of carbonyl (C=O) groups is 1. The van der Waals surface area contributed by atoms with Gasteiger partial charge in [0, 0.05) is 12.2 Å². The first kappa shape index (κ1) is 18.7. The molecule has 0 saturated carbocycles. The Morgan fingerprint density at radius 3 is 2.75 bits per heavy atom. The molecular weight excluding hydrogens is 368 g/mol. The predicted molar refractivity (Wildman–Crippen MR) is 114 cm³/mol. The van der Waals surface area contributed by atoms with E-state index in [0.29, 0.717) is 11.1 Å². The number of H-pyrrole nitrogens is 1. The summed E-state index contributed by atoms with van der Waals surface area (Å²) in [5.41, 5.74) is 8.16. The maximum atomic E-state index is 11.8. The molecule has 4 N–H and O–H groups in total. The molecule has 1 amide bonds. The van der Waals surface area contributed by atoms with Crippen molar-refractivity contribution in [1.29, 1.82) is 0 Å². The summed E-state index contributed by atoms with van der Waals surface area (Å²) >= 11 is 0. The highest BCUT2D eigenvalue weighted by Gasteiger charge is 2.41. The van der Waals surface area contributed by atoms with Gasteiger partial charge in [0.15, 0.2) is 0 Å². The number of nitrogens with zero attached hydrogens (tertiary/aromatic N) is 2. The zero-order valence-electron chi connectivity index (χ0n) is 16.5. The van der Waals surface area contributed by atoms with Gasteiger partial charge in [0.25, 0.3) is 5.91 Å². The van der Waals surface area contributed by atoms with Crippen LogP contribution in [0.5, 0.6) is 0 Å². The summed E-state index contributed by atoms with van der Waals surface area (Å²) in [6.45, 7) is 6.95. The monoisotopic (exact) mass is 394 g/mol. The van der Waals surface area contributed by atoms with Gasteiger partial charge in [0.2, 0.25) is 8.32 Å². The number of nitrogens with two attached hydrogens (primary N) is 1. The lowest BCUT2D eigenvalue weighted by Crippen LogP contribution is -2.43. The summed E-state index contributed by atoms with van der Waals surface area (Å²) in [5.74, 6) is 0.361. The lowest BCUT2D eigenvalue weighted by Gasteiger charge is -2.36. The van der Waals surface area contributed by atoms with Gasteiger partial charge in [-0.25, -0.2) is 4.98 Å². The predicted octanol–water partition coefficient (Wildman–Crippen LogP) is 2.58. The molecule has 0 radical (unpaired) electrons. The van der Waals surface area contributed by atoms with Crippen molar-refractivity contribution in [2.45, 2.75) is 38.4 Å². The minimum atomic E-state index is -2.39. The second kappa shape index (κ2) is 6.46. The van der Waals surface area contributed by atoms with Gasteiger partial charge in [0.05, 0.1) is 16.6 Å². The Morgan fingerprint density at radius 1 is 1.29 bits per heavy atom. The summed E-state index contributed by atoms with van der Waals surface area (Å²) in [6.07, 6.45) is 1.99. The van der Waals surface area contributed by atoms with Crippen LogP contribution >= 0.6 is 0 Å². The van der Waals surface area contributed by atoms with Gasteiger partial charge in [-0.2, -0.15) is 0 Å². The summed E-state index contributed by atoms with van der Waals surface area (Å²) in [5, 5.41) is 1.01. The lowest BCUT2D eigenvalue weighted by atomic mass is 9.97. The standard InChI is InChI=1S/C21H26N4O2Si/c1-21(20-23-17-10-5-9-16(19(22)26)18(17)24-20)11-6-12-25(21)14-7-4-8-15(13-14)28(2,3)27/h4-5,7-10,13,27H,6,11-12H2,1-3H3,(H2,22,26)(H,23,24). The zero-order chi connectivity index (χ0) is 20.1. The third-order valence-corrected chi connectivity index (χ3v) is 7.52. The van der Waals surface area contributed by atoms with Crippen LogP contribution in [0.3, 0.4) is 0 Å². The van der Waals surface area contributed by atoms with E-state index in [1.807, 2.05) is 37.4 Å². The Morgan fingerprint density at radius 2 is 2.04 bits per heavy atom. The molecule has 2 aromatic carbocycles. The highest BCUT2D eigenvalue weighted by atomic mass is 28.4. The first-order chi connectivity index (χ1) is 13.2. The van der Waals surface area contributed by atoms with Gasteiger partial charge < -0.3 is 20.4 Å². The van der Waals surface area contributed by atoms with Crippen molar-refractivity contribution in [1.82, 2.24) is 9.97 Å². The zero-order valence-corrected chi connectivity index (χ0v) is 17.5. The Kier molecular flexibility index (Phi) is 4.32. The van der Waals surface area contributed by atoms with E-state index in [-0.39, 0.29) is 5.54 Å². The van der Waals surface area contributed by atoms with Crippen molar-refractivity contribution in [3.8, 4) is 0 Å². The summed E-state index contributed by atoms with van der Waals surface area (Å²) in [4.78, 5) is 32.9. The average Bonchev–Trinajstić information content (AvgIpc) is 3.25. The fourth-order valence-corrected chi connectivity index (χ4v) is 5.17. The highest BCUT2D eigenvalue weighted by Crippen LogP contribution is 2.41. The van der Waals surface area contributed by atoms with Crippen molar-refractivity contribution >= 4 is 36.1 Å². The van der Waals surface area contributed by atoms with Crippen LogP contribution in [0.4, 0.5) is 5.69 Å². The molecule has 28 heavy (non-hydrogen) atoms. The average molecular weight is 395 g/mol. The quantitative estimate of drug-likeness (QED) is 0.593. The minimum absolute atomic E-state index is 0.326. The van der Waals surface area contributed by atoms with Gasteiger partial charge in [-0.05, 0) is 62.3 Å². The van der Waals surface area contributed by atoms with Crippen LogP contribution in [-0.4, -0.2) is 35.5 Å². The van der Waals surface area contributed by atoms with E-state index in [1.54, 1.807) is 6.07 Å². The molecule has 0 aliphatic carbocycles. The molecule has 146 valence electrons. The third kappa shape index (κ3) is 3.00. The number of primary amides is 1. The van der Waals surface area contributed by atoms with Crippen molar-refractivity contribution in [2.24, 2.45) is 5.73 Å². The van der Waals surface area contributed by atoms with Crippen molar-refractivity contribution in [3.63, 3.8) is 0 Å². The minimum Gasteiger partial charge on any atom is -0.428 e. The molecule has 1 unspecified atom stereocenters. The van der Waals surface area contributed by atoms with E-state index in [2.05, 4.69) is 28.9 Å². The summed E-state index contributed by atoms with van der Waals surface area (Å²) < 4.78 is 0. The fourth-order valence-electron chi connectivity index (χ4n) is 4.16. The molecule has 7 heteroatoms. The number of aromatic amines is 1. The number of anilines is 1. The molecule has 0 bridgehead atoms. The number of benzene rings is 2. The molecule has 3 aromatic rings. The van der Waals surface area contributed by atoms with Gasteiger partial charge in [-0.1, -0.05) is 18.2 Å². The highest BCUT2D eigenvalue weighted by molar-refractivity contribution is 6.83. The molecular formula is C21H26N4O2Si. The third-order valence-electron chi connectivity index (χ3n) is 5.79. The fraction of sp³-hybridized carbons (Fsp3) is 0.333. The van der Waals surface area contributed by atoms with Crippen molar-refractivity contribution < 1.29 is 9.59 Å². The molecule has 1 saturated heterocycles. The normalized spacial score (nSPS) is 20.1. The lowest BCUT2D eigenvalue weighted by molar-refractivity contribution is 0.100. The number of nitrogens with one attached hydrogen (secondary N) is 1. The van der Waals surface area contributed by atoms with Crippen LogP contribution < -0.4 is 15.8 Å². The molecule has 1 aliphatic rings. The largest absolute Gasteiger partial charge is 0.428 e. The SMILES string of the molecule is CC1(c2nc3c(C(N)=O)cccc3[nH]2)CCCN1c1cccc([Si](C)(C)O)c1. The Bertz CT molecular complexity index is 1060.